The van der Waals surface area contributed by atoms with Gasteiger partial charge in [-0.3, -0.25) is 14.0 Å². The van der Waals surface area contributed by atoms with E-state index in [9.17, 15) is 26.4 Å². The Morgan fingerprint density at radius 1 is 1.00 bits per heavy atom. The molecular formula is C29H30F3N3O5S. The number of nitrogens with zero attached hydrogens (tertiary/aromatic N) is 3. The molecule has 3 aromatic rings. The van der Waals surface area contributed by atoms with Gasteiger partial charge in [0.05, 0.1) is 42.0 Å². The number of ether oxygens (including phenoxy) is 2. The Morgan fingerprint density at radius 2 is 1.80 bits per heavy atom. The Bertz CT molecular complexity index is 1550. The van der Waals surface area contributed by atoms with Crippen molar-refractivity contribution in [2.45, 2.75) is 31.4 Å². The van der Waals surface area contributed by atoms with Crippen LogP contribution in [0.2, 0.25) is 0 Å². The number of halogens is 3. The number of aryl methyl sites for hydroxylation is 1. The second-order valence-electron chi connectivity index (χ2n) is 10.00. The molecule has 0 N–H and O–H groups in total. The average molecular weight is 590 g/mol. The zero-order valence-electron chi connectivity index (χ0n) is 22.6. The first-order chi connectivity index (χ1) is 19.5. The van der Waals surface area contributed by atoms with E-state index in [1.54, 1.807) is 50.2 Å². The molecule has 1 fully saturated rings. The number of anilines is 2. The van der Waals surface area contributed by atoms with Crippen molar-refractivity contribution in [3.05, 3.63) is 72.0 Å². The summed E-state index contributed by atoms with van der Waals surface area (Å²) in [4.78, 5) is 16.3. The molecule has 5 rings (SSSR count). The predicted octanol–water partition coefficient (Wildman–Crippen LogP) is 4.67. The number of carbonyl (C=O) groups excluding carboxylic acids is 1. The van der Waals surface area contributed by atoms with E-state index >= 15 is 0 Å². The first-order valence-corrected chi connectivity index (χ1v) is 14.6. The lowest BCUT2D eigenvalue weighted by Gasteiger charge is -2.49. The van der Waals surface area contributed by atoms with Crippen LogP contribution in [-0.4, -0.2) is 71.3 Å². The number of sulfonamides is 1. The molecule has 0 aromatic heterocycles. The summed E-state index contributed by atoms with van der Waals surface area (Å²) in [6.45, 7) is 2.47. The van der Waals surface area contributed by atoms with Crippen molar-refractivity contribution < 1.29 is 35.9 Å². The van der Waals surface area contributed by atoms with E-state index < -0.39 is 22.5 Å². The molecule has 12 heteroatoms. The van der Waals surface area contributed by atoms with E-state index in [1.807, 2.05) is 4.90 Å². The number of fused-ring (bicyclic) bond motifs is 3. The van der Waals surface area contributed by atoms with Crippen LogP contribution in [0.5, 0.6) is 5.75 Å². The van der Waals surface area contributed by atoms with Gasteiger partial charge in [-0.1, -0.05) is 18.2 Å². The number of piperazine rings is 1. The van der Waals surface area contributed by atoms with Crippen molar-refractivity contribution >= 4 is 27.4 Å². The van der Waals surface area contributed by atoms with Gasteiger partial charge in [-0.15, -0.1) is 0 Å². The highest BCUT2D eigenvalue weighted by Gasteiger charge is 2.40. The fraction of sp³-hybridized carbons (Fsp3) is 0.345. The quantitative estimate of drug-likeness (QED) is 0.354. The predicted molar refractivity (Wildman–Crippen MR) is 148 cm³/mol. The summed E-state index contributed by atoms with van der Waals surface area (Å²) in [5, 5.41) is 0. The zero-order chi connectivity index (χ0) is 29.3. The van der Waals surface area contributed by atoms with Gasteiger partial charge in [0, 0.05) is 25.7 Å². The van der Waals surface area contributed by atoms with Gasteiger partial charge in [0.2, 0.25) is 0 Å². The summed E-state index contributed by atoms with van der Waals surface area (Å²) < 4.78 is 79.0. The van der Waals surface area contributed by atoms with E-state index in [2.05, 4.69) is 9.64 Å². The van der Waals surface area contributed by atoms with Gasteiger partial charge < -0.3 is 14.4 Å². The van der Waals surface area contributed by atoms with E-state index in [-0.39, 0.29) is 47.9 Å². The van der Waals surface area contributed by atoms with Crippen LogP contribution in [0.15, 0.2) is 65.6 Å². The van der Waals surface area contributed by atoms with Crippen molar-refractivity contribution in [3.63, 3.8) is 0 Å². The standard InChI is InChI=1S/C29H30F3N3O5S/c1-3-39-28(36)18-33-9-10-34-23(16-33)17-35(41(37,38)25-6-4-5-19(2)11-25)27-14-20(7-8-26(27)34)21-12-22(30)15-24(13-21)40-29(31)32/h4-8,11-15,23,29H,3,9-10,16-18H2,1-2H3/t23-/m0/s1. The maximum atomic E-state index is 14.3. The molecule has 218 valence electrons. The van der Waals surface area contributed by atoms with E-state index in [1.165, 1.54) is 22.5 Å². The Hall–Kier alpha value is -3.77. The monoisotopic (exact) mass is 589 g/mol. The minimum absolute atomic E-state index is 0.106. The zero-order valence-corrected chi connectivity index (χ0v) is 23.4. The molecule has 0 aliphatic carbocycles. The van der Waals surface area contributed by atoms with Crippen molar-refractivity contribution in [3.8, 4) is 16.9 Å². The van der Waals surface area contributed by atoms with Gasteiger partial charge in [-0.25, -0.2) is 12.8 Å². The topological polar surface area (TPSA) is 79.4 Å². The van der Waals surface area contributed by atoms with Crippen molar-refractivity contribution in [2.75, 3.05) is 48.5 Å². The molecule has 2 heterocycles. The minimum atomic E-state index is -4.03. The molecule has 2 aliphatic heterocycles. The average Bonchev–Trinajstić information content (AvgIpc) is 2.91. The highest BCUT2D eigenvalue weighted by molar-refractivity contribution is 7.92. The summed E-state index contributed by atoms with van der Waals surface area (Å²) in [6, 6.07) is 14.8. The normalized spacial score (nSPS) is 17.3. The Morgan fingerprint density at radius 3 is 2.54 bits per heavy atom. The summed E-state index contributed by atoms with van der Waals surface area (Å²) in [6.07, 6.45) is 0. The van der Waals surface area contributed by atoms with Crippen LogP contribution in [0.25, 0.3) is 11.1 Å². The molecule has 2 aliphatic rings. The van der Waals surface area contributed by atoms with Crippen LogP contribution in [0.1, 0.15) is 12.5 Å². The van der Waals surface area contributed by atoms with Crippen molar-refractivity contribution in [2.24, 2.45) is 0 Å². The molecule has 0 spiro atoms. The van der Waals surface area contributed by atoms with Gasteiger partial charge in [-0.2, -0.15) is 8.78 Å². The fourth-order valence-electron chi connectivity index (χ4n) is 5.39. The molecule has 0 radical (unpaired) electrons. The molecule has 3 aromatic carbocycles. The van der Waals surface area contributed by atoms with Crippen LogP contribution >= 0.6 is 0 Å². The van der Waals surface area contributed by atoms with Gasteiger partial charge in [-0.05, 0) is 66.9 Å². The Kier molecular flexibility index (Phi) is 8.14. The Labute approximate surface area is 236 Å². The van der Waals surface area contributed by atoms with Crippen LogP contribution in [0, 0.1) is 12.7 Å². The first kappa shape index (κ1) is 28.7. The SMILES string of the molecule is CCOC(=O)CN1CCN2c3ccc(-c4cc(F)cc(OC(F)F)c4)cc3N(S(=O)(=O)c3cccc(C)c3)C[C@@H]2C1. The van der Waals surface area contributed by atoms with Crippen LogP contribution in [0.3, 0.4) is 0 Å². The fourth-order valence-corrected chi connectivity index (χ4v) is 7.01. The lowest BCUT2D eigenvalue weighted by atomic mass is 10.00. The highest BCUT2D eigenvalue weighted by Crippen LogP contribution is 2.42. The number of benzene rings is 3. The van der Waals surface area contributed by atoms with Gasteiger partial charge in [0.1, 0.15) is 11.6 Å². The third-order valence-corrected chi connectivity index (χ3v) is 8.94. The number of hydrogen-bond acceptors (Lipinski definition) is 7. The molecule has 0 unspecified atom stereocenters. The molecule has 8 nitrogen and oxygen atoms in total. The molecule has 41 heavy (non-hydrogen) atoms. The number of carbonyl (C=O) groups is 1. The van der Waals surface area contributed by atoms with E-state index in [0.29, 0.717) is 36.6 Å². The third-order valence-electron chi connectivity index (χ3n) is 7.16. The molecule has 0 bridgehead atoms. The molecule has 1 atom stereocenters. The lowest BCUT2D eigenvalue weighted by molar-refractivity contribution is -0.144. The summed E-state index contributed by atoms with van der Waals surface area (Å²) in [5.74, 6) is -1.44. The lowest BCUT2D eigenvalue weighted by Crippen LogP contribution is -2.61. The maximum Gasteiger partial charge on any atom is 0.387 e. The molecular weight excluding hydrogens is 559 g/mol. The number of rotatable bonds is 8. The van der Waals surface area contributed by atoms with Crippen LogP contribution in [0.4, 0.5) is 24.5 Å². The molecule has 0 saturated carbocycles. The van der Waals surface area contributed by atoms with E-state index in [0.717, 1.165) is 11.6 Å². The van der Waals surface area contributed by atoms with Crippen LogP contribution < -0.4 is 13.9 Å². The molecule has 1 saturated heterocycles. The Balaban J connectivity index is 1.57. The summed E-state index contributed by atoms with van der Waals surface area (Å²) in [7, 11) is -4.03. The number of alkyl halides is 2. The van der Waals surface area contributed by atoms with Crippen molar-refractivity contribution in [1.29, 1.82) is 0 Å². The van der Waals surface area contributed by atoms with E-state index in [4.69, 9.17) is 4.74 Å². The molecule has 0 amide bonds. The highest BCUT2D eigenvalue weighted by atomic mass is 32.2. The second kappa shape index (κ2) is 11.6. The first-order valence-electron chi connectivity index (χ1n) is 13.2. The maximum absolute atomic E-state index is 14.3. The number of hydrogen-bond donors (Lipinski definition) is 0. The largest absolute Gasteiger partial charge is 0.465 e. The van der Waals surface area contributed by atoms with Crippen LogP contribution in [-0.2, 0) is 19.6 Å². The van der Waals surface area contributed by atoms with Gasteiger partial charge in [0.15, 0.2) is 0 Å². The summed E-state index contributed by atoms with van der Waals surface area (Å²) in [5.41, 5.74) is 2.53. The van der Waals surface area contributed by atoms with Gasteiger partial charge >= 0.3 is 12.6 Å². The summed E-state index contributed by atoms with van der Waals surface area (Å²) >= 11 is 0. The van der Waals surface area contributed by atoms with Gasteiger partial charge in [0.25, 0.3) is 10.0 Å². The third kappa shape index (κ3) is 6.13. The smallest absolute Gasteiger partial charge is 0.387 e. The second-order valence-corrected chi connectivity index (χ2v) is 11.9. The minimum Gasteiger partial charge on any atom is -0.465 e. The van der Waals surface area contributed by atoms with Crippen molar-refractivity contribution in [1.82, 2.24) is 4.90 Å². The number of esters is 1.